The first kappa shape index (κ1) is 19.6. The smallest absolute Gasteiger partial charge is 0.334 e. The highest BCUT2D eigenvalue weighted by Gasteiger charge is 2.27. The summed E-state index contributed by atoms with van der Waals surface area (Å²) in [4.78, 5) is 21.6. The van der Waals surface area contributed by atoms with Crippen LogP contribution in [0.25, 0.3) is 0 Å². The quantitative estimate of drug-likeness (QED) is 0.433. The third-order valence-corrected chi connectivity index (χ3v) is 4.55. The van der Waals surface area contributed by atoms with E-state index in [0.717, 1.165) is 16.8 Å². The molecule has 1 N–H and O–H groups in total. The zero-order valence-corrected chi connectivity index (χ0v) is 16.6. The molecule has 8 heteroatoms. The van der Waals surface area contributed by atoms with Crippen LogP contribution in [0.5, 0.6) is 0 Å². The van der Waals surface area contributed by atoms with Crippen molar-refractivity contribution < 1.29 is 4.92 Å². The van der Waals surface area contributed by atoms with Crippen LogP contribution in [0.4, 0.5) is 28.7 Å². The lowest BCUT2D eigenvalue weighted by Crippen LogP contribution is -2.20. The SMILES string of the molecule is CCN(c1cccc(C)c1)c1ncnc(Nc2ccc(Cl)cc2C)c1[N+](=O)[O-]. The number of benzene rings is 2. The molecule has 3 aromatic rings. The second-order valence-corrected chi connectivity index (χ2v) is 6.76. The van der Waals surface area contributed by atoms with E-state index in [4.69, 9.17) is 11.6 Å². The predicted octanol–water partition coefficient (Wildman–Crippen LogP) is 5.56. The van der Waals surface area contributed by atoms with Crippen molar-refractivity contribution in [1.29, 1.82) is 0 Å². The molecule has 0 saturated heterocycles. The highest BCUT2D eigenvalue weighted by Crippen LogP contribution is 2.37. The minimum absolute atomic E-state index is 0.131. The lowest BCUT2D eigenvalue weighted by molar-refractivity contribution is -0.383. The monoisotopic (exact) mass is 397 g/mol. The summed E-state index contributed by atoms with van der Waals surface area (Å²) in [5.41, 5.74) is 3.25. The van der Waals surface area contributed by atoms with E-state index in [1.807, 2.05) is 45.0 Å². The van der Waals surface area contributed by atoms with Crippen molar-refractivity contribution in [3.05, 3.63) is 75.1 Å². The Morgan fingerprint density at radius 3 is 2.61 bits per heavy atom. The van der Waals surface area contributed by atoms with Crippen molar-refractivity contribution >= 4 is 40.3 Å². The van der Waals surface area contributed by atoms with Gasteiger partial charge in [-0.15, -0.1) is 0 Å². The highest BCUT2D eigenvalue weighted by molar-refractivity contribution is 6.30. The maximum absolute atomic E-state index is 11.9. The number of aromatic nitrogens is 2. The van der Waals surface area contributed by atoms with Crippen LogP contribution in [-0.2, 0) is 0 Å². The average molecular weight is 398 g/mol. The average Bonchev–Trinajstić information content (AvgIpc) is 2.65. The summed E-state index contributed by atoms with van der Waals surface area (Å²) in [5, 5.41) is 15.6. The van der Waals surface area contributed by atoms with Crippen LogP contribution in [0.3, 0.4) is 0 Å². The maximum atomic E-state index is 11.9. The molecule has 0 aliphatic rings. The summed E-state index contributed by atoms with van der Waals surface area (Å²) in [5.74, 6) is 0.369. The van der Waals surface area contributed by atoms with Crippen LogP contribution in [-0.4, -0.2) is 21.4 Å². The van der Waals surface area contributed by atoms with Gasteiger partial charge in [0.1, 0.15) is 6.33 Å². The molecule has 0 aliphatic heterocycles. The van der Waals surface area contributed by atoms with E-state index in [9.17, 15) is 10.1 Å². The Morgan fingerprint density at radius 1 is 1.18 bits per heavy atom. The van der Waals surface area contributed by atoms with Crippen molar-refractivity contribution in [3.63, 3.8) is 0 Å². The first-order valence-electron chi connectivity index (χ1n) is 8.77. The number of halogens is 1. The molecule has 0 radical (unpaired) electrons. The molecule has 144 valence electrons. The van der Waals surface area contributed by atoms with E-state index < -0.39 is 4.92 Å². The normalized spacial score (nSPS) is 10.6. The van der Waals surface area contributed by atoms with Gasteiger partial charge >= 0.3 is 5.69 Å². The zero-order chi connectivity index (χ0) is 20.3. The van der Waals surface area contributed by atoms with Gasteiger partial charge < -0.3 is 10.2 Å². The fraction of sp³-hybridized carbons (Fsp3) is 0.200. The third-order valence-electron chi connectivity index (χ3n) is 4.31. The Bertz CT molecular complexity index is 1030. The fourth-order valence-electron chi connectivity index (χ4n) is 2.97. The van der Waals surface area contributed by atoms with Crippen molar-refractivity contribution in [2.45, 2.75) is 20.8 Å². The fourth-order valence-corrected chi connectivity index (χ4v) is 3.20. The third kappa shape index (κ3) is 4.04. The number of aryl methyl sites for hydroxylation is 2. The number of nitro groups is 1. The maximum Gasteiger partial charge on any atom is 0.354 e. The van der Waals surface area contributed by atoms with Crippen molar-refractivity contribution in [3.8, 4) is 0 Å². The topological polar surface area (TPSA) is 84.2 Å². The molecule has 0 aliphatic carbocycles. The first-order chi connectivity index (χ1) is 13.4. The Kier molecular flexibility index (Phi) is 5.75. The minimum atomic E-state index is -0.457. The van der Waals surface area contributed by atoms with Gasteiger partial charge in [0.05, 0.1) is 4.92 Å². The summed E-state index contributed by atoms with van der Waals surface area (Å²) >= 11 is 6.00. The second kappa shape index (κ2) is 8.22. The van der Waals surface area contributed by atoms with Gasteiger partial charge in [-0.1, -0.05) is 23.7 Å². The Morgan fingerprint density at radius 2 is 1.96 bits per heavy atom. The van der Waals surface area contributed by atoms with Crippen molar-refractivity contribution in [2.24, 2.45) is 0 Å². The molecular weight excluding hydrogens is 378 g/mol. The van der Waals surface area contributed by atoms with Gasteiger partial charge in [-0.2, -0.15) is 0 Å². The van der Waals surface area contributed by atoms with Gasteiger partial charge in [0.2, 0.25) is 11.6 Å². The minimum Gasteiger partial charge on any atom is -0.334 e. The van der Waals surface area contributed by atoms with Crippen molar-refractivity contribution in [2.75, 3.05) is 16.8 Å². The van der Waals surface area contributed by atoms with Crippen LogP contribution < -0.4 is 10.2 Å². The van der Waals surface area contributed by atoms with Gasteiger partial charge in [0.25, 0.3) is 0 Å². The molecule has 0 unspecified atom stereocenters. The number of hydrogen-bond donors (Lipinski definition) is 1. The van der Waals surface area contributed by atoms with Crippen molar-refractivity contribution in [1.82, 2.24) is 9.97 Å². The van der Waals surface area contributed by atoms with E-state index in [1.165, 1.54) is 6.33 Å². The molecule has 3 rings (SSSR count). The largest absolute Gasteiger partial charge is 0.354 e. The molecule has 0 bridgehead atoms. The van der Waals surface area contributed by atoms with Crippen LogP contribution in [0, 0.1) is 24.0 Å². The number of nitrogens with one attached hydrogen (secondary N) is 1. The van der Waals surface area contributed by atoms with E-state index in [1.54, 1.807) is 23.1 Å². The van der Waals surface area contributed by atoms with Gasteiger partial charge in [-0.05, 0) is 62.2 Å². The Hall–Kier alpha value is -3.19. The molecule has 0 amide bonds. The number of rotatable bonds is 6. The molecule has 0 fully saturated rings. The van der Waals surface area contributed by atoms with Gasteiger partial charge in [0.15, 0.2) is 0 Å². The molecule has 28 heavy (non-hydrogen) atoms. The number of anilines is 4. The summed E-state index contributed by atoms with van der Waals surface area (Å²) in [6.07, 6.45) is 1.33. The lowest BCUT2D eigenvalue weighted by Gasteiger charge is -2.22. The molecule has 2 aromatic carbocycles. The summed E-state index contributed by atoms with van der Waals surface area (Å²) in [6.45, 7) is 6.28. The molecule has 0 spiro atoms. The molecule has 7 nitrogen and oxygen atoms in total. The highest BCUT2D eigenvalue weighted by atomic mass is 35.5. The predicted molar refractivity (Wildman–Crippen MR) is 112 cm³/mol. The second-order valence-electron chi connectivity index (χ2n) is 6.32. The molecule has 0 saturated carbocycles. The van der Waals surface area contributed by atoms with Crippen LogP contribution in [0.2, 0.25) is 5.02 Å². The van der Waals surface area contributed by atoms with E-state index >= 15 is 0 Å². The molecule has 0 atom stereocenters. The lowest BCUT2D eigenvalue weighted by atomic mass is 10.2. The summed E-state index contributed by atoms with van der Waals surface area (Å²) in [7, 11) is 0. The van der Waals surface area contributed by atoms with Crippen LogP contribution in [0.15, 0.2) is 48.8 Å². The first-order valence-corrected chi connectivity index (χ1v) is 9.15. The Balaban J connectivity index is 2.10. The number of nitrogens with zero attached hydrogens (tertiary/aromatic N) is 4. The molecule has 1 aromatic heterocycles. The van der Waals surface area contributed by atoms with Gasteiger partial charge in [-0.3, -0.25) is 10.1 Å². The summed E-state index contributed by atoms with van der Waals surface area (Å²) in [6, 6.07) is 13.0. The number of hydrogen-bond acceptors (Lipinski definition) is 6. The standard InChI is InChI=1S/C20H20ClN5O2/c1-4-25(16-7-5-6-13(2)10-16)20-18(26(27)28)19(22-12-23-20)24-17-9-8-15(21)11-14(17)3/h5-12H,4H2,1-3H3,(H,22,23,24). The van der Waals surface area contributed by atoms with Crippen LogP contribution in [0.1, 0.15) is 18.1 Å². The van der Waals surface area contributed by atoms with Gasteiger partial charge in [-0.25, -0.2) is 9.97 Å². The Labute approximate surface area is 168 Å². The van der Waals surface area contributed by atoms with E-state index in [0.29, 0.717) is 17.3 Å². The summed E-state index contributed by atoms with van der Waals surface area (Å²) < 4.78 is 0. The van der Waals surface area contributed by atoms with Gasteiger partial charge in [0, 0.05) is 22.9 Å². The molecule has 1 heterocycles. The van der Waals surface area contributed by atoms with Crippen LogP contribution >= 0.6 is 11.6 Å². The zero-order valence-electron chi connectivity index (χ0n) is 15.8. The van der Waals surface area contributed by atoms with E-state index in [2.05, 4.69) is 15.3 Å². The van der Waals surface area contributed by atoms with E-state index in [-0.39, 0.29) is 17.3 Å². The molecular formula is C20H20ClN5O2.